The number of rotatable bonds is 3. The molecular weight excluding hydrogens is 388 g/mol. The molecule has 0 atom stereocenters. The summed E-state index contributed by atoms with van der Waals surface area (Å²) in [6, 6.07) is 8.57. The van der Waals surface area contributed by atoms with Crippen molar-refractivity contribution in [3.8, 4) is 0 Å². The third-order valence-corrected chi connectivity index (χ3v) is 7.48. The molecule has 0 radical (unpaired) electrons. The zero-order valence-corrected chi connectivity index (χ0v) is 17.2. The predicted molar refractivity (Wildman–Crippen MR) is 110 cm³/mol. The van der Waals surface area contributed by atoms with Crippen LogP contribution in [0.2, 0.25) is 0 Å². The quantitative estimate of drug-likeness (QED) is 0.686. The summed E-state index contributed by atoms with van der Waals surface area (Å²) in [6.45, 7) is 4.74. The van der Waals surface area contributed by atoms with Crippen molar-refractivity contribution in [2.24, 2.45) is 0 Å². The van der Waals surface area contributed by atoms with E-state index in [1.807, 2.05) is 12.3 Å². The molecule has 1 aromatic carbocycles. The van der Waals surface area contributed by atoms with Gasteiger partial charge in [0.05, 0.1) is 10.6 Å². The van der Waals surface area contributed by atoms with Crippen molar-refractivity contribution >= 4 is 21.3 Å². The summed E-state index contributed by atoms with van der Waals surface area (Å²) >= 11 is 0. The number of fused-ring (bicyclic) bond motifs is 3. The number of anilines is 1. The summed E-state index contributed by atoms with van der Waals surface area (Å²) in [5, 5.41) is 8.14. The Bertz CT molecular complexity index is 1150. The first-order chi connectivity index (χ1) is 14.1. The van der Waals surface area contributed by atoms with Gasteiger partial charge in [0, 0.05) is 57.4 Å². The Labute approximate surface area is 170 Å². The maximum atomic E-state index is 13.6. The fourth-order valence-electron chi connectivity index (χ4n) is 4.14. The topological polar surface area (TPSA) is 82.8 Å². The van der Waals surface area contributed by atoms with E-state index >= 15 is 0 Å². The van der Waals surface area contributed by atoms with Gasteiger partial charge in [-0.15, -0.1) is 5.10 Å². The van der Waals surface area contributed by atoms with Crippen molar-refractivity contribution in [3.05, 3.63) is 47.8 Å². The van der Waals surface area contributed by atoms with Crippen molar-refractivity contribution in [1.29, 1.82) is 0 Å². The second-order valence-corrected chi connectivity index (χ2v) is 9.55. The molecule has 152 valence electrons. The Kier molecular flexibility index (Phi) is 4.53. The third kappa shape index (κ3) is 3.09. The van der Waals surface area contributed by atoms with Crippen LogP contribution in [-0.4, -0.2) is 67.7 Å². The fourth-order valence-corrected chi connectivity index (χ4v) is 5.68. The van der Waals surface area contributed by atoms with Crippen LogP contribution in [0.3, 0.4) is 0 Å². The smallest absolute Gasteiger partial charge is 0.214 e. The van der Waals surface area contributed by atoms with Gasteiger partial charge in [-0.3, -0.25) is 0 Å². The average molecular weight is 413 g/mol. The molecule has 2 aromatic heterocycles. The molecule has 1 N–H and O–H groups in total. The highest BCUT2D eigenvalue weighted by molar-refractivity contribution is 7.91. The van der Waals surface area contributed by atoms with E-state index in [9.17, 15) is 8.42 Å². The Balaban J connectivity index is 1.76. The van der Waals surface area contributed by atoms with Gasteiger partial charge in [-0.2, -0.15) is 0 Å². The maximum absolute atomic E-state index is 13.6. The molecule has 0 aliphatic carbocycles. The number of nitrogens with zero attached hydrogens (tertiary/aromatic N) is 5. The zero-order valence-electron chi connectivity index (χ0n) is 16.4. The van der Waals surface area contributed by atoms with Crippen molar-refractivity contribution < 1.29 is 8.42 Å². The lowest BCUT2D eigenvalue weighted by molar-refractivity contribution is 0.307. The van der Waals surface area contributed by atoms with Crippen LogP contribution in [0.25, 0.3) is 5.65 Å². The van der Waals surface area contributed by atoms with Gasteiger partial charge in [0.15, 0.2) is 16.4 Å². The van der Waals surface area contributed by atoms with Crippen LogP contribution in [0.15, 0.2) is 46.3 Å². The highest BCUT2D eigenvalue weighted by Crippen LogP contribution is 2.34. The number of piperazine rings is 1. The number of hydrogen-bond donors (Lipinski definition) is 1. The number of nitrogens with one attached hydrogen (secondary N) is 1. The van der Waals surface area contributed by atoms with Crippen molar-refractivity contribution in [2.75, 3.05) is 44.7 Å². The summed E-state index contributed by atoms with van der Waals surface area (Å²) in [6.07, 6.45) is 2.63. The minimum atomic E-state index is -3.76. The molecule has 3 aromatic rings. The summed E-state index contributed by atoms with van der Waals surface area (Å²) in [7, 11) is -1.68. The molecule has 0 spiro atoms. The fraction of sp³-hybridized carbons (Fsp3) is 0.400. The lowest BCUT2D eigenvalue weighted by Gasteiger charge is -2.28. The van der Waals surface area contributed by atoms with Gasteiger partial charge in [-0.05, 0) is 19.2 Å². The van der Waals surface area contributed by atoms with Crippen LogP contribution in [-0.2, 0) is 22.8 Å². The van der Waals surface area contributed by atoms with Gasteiger partial charge in [0.2, 0.25) is 9.84 Å². The Morgan fingerprint density at radius 1 is 1.07 bits per heavy atom. The average Bonchev–Trinajstić information content (AvgIpc) is 3.15. The monoisotopic (exact) mass is 412 g/mol. The van der Waals surface area contributed by atoms with Crippen molar-refractivity contribution in [2.45, 2.75) is 22.8 Å². The Morgan fingerprint density at radius 3 is 2.59 bits per heavy atom. The number of benzene rings is 1. The van der Waals surface area contributed by atoms with E-state index in [4.69, 9.17) is 5.10 Å². The predicted octanol–water partition coefficient (Wildman–Crippen LogP) is 0.960. The molecule has 0 bridgehead atoms. The van der Waals surface area contributed by atoms with Gasteiger partial charge >= 0.3 is 0 Å². The second kappa shape index (κ2) is 7.08. The minimum Gasteiger partial charge on any atom is -0.351 e. The summed E-state index contributed by atoms with van der Waals surface area (Å²) < 4.78 is 29.1. The molecule has 4 heterocycles. The lowest BCUT2D eigenvalue weighted by Crippen LogP contribution is -2.44. The molecule has 8 nitrogen and oxygen atoms in total. The minimum absolute atomic E-state index is 0.215. The molecule has 5 rings (SSSR count). The molecular formula is C20H24N6O2S. The normalized spacial score (nSPS) is 18.2. The number of sulfone groups is 1. The molecule has 9 heteroatoms. The van der Waals surface area contributed by atoms with E-state index in [0.29, 0.717) is 24.6 Å². The highest BCUT2D eigenvalue weighted by atomic mass is 32.2. The standard InChI is InChI=1S/C20H24N6O2S/c1-24-10-7-17-15(14-24)13-22-19-18(29(27,28)16-5-3-2-4-6-16)20(23-26(17)19)25-11-8-21-9-12-25/h2-6,13,21H,7-12,14H2,1H3. The molecule has 1 saturated heterocycles. The SMILES string of the molecule is CN1CCc2c(cnc3c(S(=O)(=O)c4ccccc4)c(N4CCNCC4)nn23)C1. The first-order valence-corrected chi connectivity index (χ1v) is 11.4. The van der Waals surface area contributed by atoms with E-state index < -0.39 is 9.84 Å². The summed E-state index contributed by atoms with van der Waals surface area (Å²) in [5.41, 5.74) is 2.58. The van der Waals surface area contributed by atoms with E-state index in [-0.39, 0.29) is 9.79 Å². The van der Waals surface area contributed by atoms with Crippen LogP contribution in [0.4, 0.5) is 5.82 Å². The van der Waals surface area contributed by atoms with Gasteiger partial charge in [-0.1, -0.05) is 18.2 Å². The molecule has 0 amide bonds. The van der Waals surface area contributed by atoms with E-state index in [1.165, 1.54) is 0 Å². The zero-order chi connectivity index (χ0) is 20.0. The Hall–Kier alpha value is -2.49. The van der Waals surface area contributed by atoms with Crippen molar-refractivity contribution in [1.82, 2.24) is 24.8 Å². The maximum Gasteiger partial charge on any atom is 0.214 e. The molecule has 0 saturated carbocycles. The first-order valence-electron chi connectivity index (χ1n) is 9.89. The second-order valence-electron chi connectivity index (χ2n) is 7.66. The number of likely N-dealkylation sites (N-methyl/N-ethyl adjacent to an activating group) is 1. The van der Waals surface area contributed by atoms with Gasteiger partial charge in [0.25, 0.3) is 0 Å². The van der Waals surface area contributed by atoms with Crippen LogP contribution in [0.1, 0.15) is 11.3 Å². The van der Waals surface area contributed by atoms with E-state index in [1.54, 1.807) is 28.8 Å². The summed E-state index contributed by atoms with van der Waals surface area (Å²) in [5.74, 6) is 0.509. The molecule has 0 unspecified atom stereocenters. The largest absolute Gasteiger partial charge is 0.351 e. The third-order valence-electron chi connectivity index (χ3n) is 5.68. The number of hydrogen-bond acceptors (Lipinski definition) is 7. The van der Waals surface area contributed by atoms with Gasteiger partial charge in [0.1, 0.15) is 0 Å². The van der Waals surface area contributed by atoms with Gasteiger partial charge < -0.3 is 15.1 Å². The molecule has 1 fully saturated rings. The number of aromatic nitrogens is 3. The highest BCUT2D eigenvalue weighted by Gasteiger charge is 2.33. The first kappa shape index (κ1) is 18.5. The van der Waals surface area contributed by atoms with Gasteiger partial charge in [-0.25, -0.2) is 17.9 Å². The van der Waals surface area contributed by atoms with E-state index in [2.05, 4.69) is 27.1 Å². The van der Waals surface area contributed by atoms with Crippen LogP contribution >= 0.6 is 0 Å². The van der Waals surface area contributed by atoms with Crippen LogP contribution in [0, 0.1) is 0 Å². The molecule has 2 aliphatic rings. The Morgan fingerprint density at radius 2 is 1.83 bits per heavy atom. The molecule has 2 aliphatic heterocycles. The van der Waals surface area contributed by atoms with Crippen LogP contribution in [0.5, 0.6) is 0 Å². The van der Waals surface area contributed by atoms with Crippen LogP contribution < -0.4 is 10.2 Å². The lowest BCUT2D eigenvalue weighted by atomic mass is 10.1. The van der Waals surface area contributed by atoms with Crippen molar-refractivity contribution in [3.63, 3.8) is 0 Å². The summed E-state index contributed by atoms with van der Waals surface area (Å²) in [4.78, 5) is 9.36. The molecule has 29 heavy (non-hydrogen) atoms. The van der Waals surface area contributed by atoms with E-state index in [0.717, 1.165) is 43.9 Å².